The zero-order valence-corrected chi connectivity index (χ0v) is 16.1. The molecule has 0 atom stereocenters. The van der Waals surface area contributed by atoms with Crippen molar-refractivity contribution in [2.45, 2.75) is 0 Å². The fraction of sp³-hybridized carbons (Fsp3) is 0. The van der Waals surface area contributed by atoms with Crippen LogP contribution in [0.3, 0.4) is 0 Å². The summed E-state index contributed by atoms with van der Waals surface area (Å²) < 4.78 is 16.6. The standard InChI is InChI=1S/C21H14BrFN4O/c22-14-10-12-15(13-11-14)24-25-20-19(17-8-4-5-9-18(17)23)26-27(21(20)28)16-6-2-1-3-7-16/h1-13,26H. The predicted molar refractivity (Wildman–Crippen MR) is 110 cm³/mol. The molecular weight excluding hydrogens is 423 g/mol. The van der Waals surface area contributed by atoms with Gasteiger partial charge in [-0.15, -0.1) is 5.11 Å². The second-order valence-electron chi connectivity index (χ2n) is 5.97. The number of H-pyrrole nitrogens is 1. The highest BCUT2D eigenvalue weighted by molar-refractivity contribution is 9.10. The molecule has 28 heavy (non-hydrogen) atoms. The number of para-hydroxylation sites is 1. The van der Waals surface area contributed by atoms with Gasteiger partial charge < -0.3 is 0 Å². The largest absolute Gasteiger partial charge is 0.299 e. The van der Waals surface area contributed by atoms with Gasteiger partial charge >= 0.3 is 0 Å². The van der Waals surface area contributed by atoms with E-state index in [0.29, 0.717) is 11.4 Å². The number of nitrogens with zero attached hydrogens (tertiary/aromatic N) is 3. The van der Waals surface area contributed by atoms with E-state index in [1.54, 1.807) is 42.5 Å². The molecule has 7 heteroatoms. The van der Waals surface area contributed by atoms with Crippen molar-refractivity contribution < 1.29 is 4.39 Å². The minimum absolute atomic E-state index is 0.0388. The Morgan fingerprint density at radius 3 is 2.25 bits per heavy atom. The number of nitrogens with one attached hydrogen (secondary N) is 1. The summed E-state index contributed by atoms with van der Waals surface area (Å²) in [6.45, 7) is 0. The topological polar surface area (TPSA) is 62.5 Å². The number of benzene rings is 3. The summed E-state index contributed by atoms with van der Waals surface area (Å²) in [6.07, 6.45) is 0. The van der Waals surface area contributed by atoms with Gasteiger partial charge in [0.2, 0.25) is 0 Å². The van der Waals surface area contributed by atoms with Gasteiger partial charge in [-0.3, -0.25) is 9.89 Å². The molecule has 138 valence electrons. The Balaban J connectivity index is 1.88. The number of hydrogen-bond acceptors (Lipinski definition) is 3. The first-order chi connectivity index (χ1) is 13.6. The van der Waals surface area contributed by atoms with Crippen LogP contribution in [0.5, 0.6) is 0 Å². The third-order valence-electron chi connectivity index (χ3n) is 4.12. The Morgan fingerprint density at radius 1 is 0.857 bits per heavy atom. The van der Waals surface area contributed by atoms with Crippen molar-refractivity contribution >= 4 is 27.3 Å². The van der Waals surface area contributed by atoms with E-state index in [0.717, 1.165) is 4.47 Å². The Bertz CT molecular complexity index is 1200. The molecule has 0 amide bonds. The van der Waals surface area contributed by atoms with Crippen LogP contribution in [0.15, 0.2) is 98.4 Å². The smallest absolute Gasteiger partial charge is 0.288 e. The molecule has 1 heterocycles. The average molecular weight is 437 g/mol. The van der Waals surface area contributed by atoms with E-state index in [1.807, 2.05) is 30.3 Å². The molecule has 0 bridgehead atoms. The summed E-state index contributed by atoms with van der Waals surface area (Å²) in [6, 6.07) is 22.4. The lowest BCUT2D eigenvalue weighted by atomic mass is 10.1. The highest BCUT2D eigenvalue weighted by Gasteiger charge is 2.19. The predicted octanol–water partition coefficient (Wildman–Crippen LogP) is 6.15. The number of rotatable bonds is 4. The minimum atomic E-state index is -0.455. The summed E-state index contributed by atoms with van der Waals surface area (Å²) in [4.78, 5) is 13.0. The van der Waals surface area contributed by atoms with Crippen LogP contribution in [-0.2, 0) is 0 Å². The molecule has 0 radical (unpaired) electrons. The van der Waals surface area contributed by atoms with Crippen LogP contribution in [0.4, 0.5) is 15.8 Å². The second kappa shape index (κ2) is 7.74. The Labute approximate surface area is 168 Å². The van der Waals surface area contributed by atoms with Crippen molar-refractivity contribution in [3.05, 3.63) is 99.5 Å². The van der Waals surface area contributed by atoms with Crippen molar-refractivity contribution in [1.29, 1.82) is 0 Å². The Hall–Kier alpha value is -3.32. The quantitative estimate of drug-likeness (QED) is 0.383. The SMILES string of the molecule is O=c1c(N=Nc2ccc(Br)cc2)c(-c2ccccc2F)[nH]n1-c1ccccc1. The van der Waals surface area contributed by atoms with Gasteiger partial charge in [0.1, 0.15) is 5.82 Å². The number of aromatic amines is 1. The maximum atomic E-state index is 14.4. The fourth-order valence-corrected chi connectivity index (χ4v) is 3.01. The molecule has 0 saturated heterocycles. The van der Waals surface area contributed by atoms with Gasteiger partial charge in [-0.2, -0.15) is 5.11 Å². The maximum Gasteiger partial charge on any atom is 0.299 e. The fourth-order valence-electron chi connectivity index (χ4n) is 2.75. The summed E-state index contributed by atoms with van der Waals surface area (Å²) in [5.41, 5.74) is 1.35. The van der Waals surface area contributed by atoms with Gasteiger partial charge in [-0.05, 0) is 48.5 Å². The molecule has 0 saturated carbocycles. The third kappa shape index (κ3) is 3.57. The molecule has 0 aliphatic rings. The van der Waals surface area contributed by atoms with E-state index < -0.39 is 11.4 Å². The normalized spacial score (nSPS) is 11.2. The van der Waals surface area contributed by atoms with Crippen LogP contribution in [0.2, 0.25) is 0 Å². The van der Waals surface area contributed by atoms with Crippen LogP contribution < -0.4 is 5.56 Å². The number of aromatic nitrogens is 2. The summed E-state index contributed by atoms with van der Waals surface area (Å²) in [5.74, 6) is -0.455. The lowest BCUT2D eigenvalue weighted by molar-refractivity contribution is 0.630. The van der Waals surface area contributed by atoms with E-state index in [4.69, 9.17) is 0 Å². The van der Waals surface area contributed by atoms with Crippen molar-refractivity contribution in [1.82, 2.24) is 9.78 Å². The molecule has 0 aliphatic carbocycles. The Kier molecular flexibility index (Phi) is 4.99. The zero-order chi connectivity index (χ0) is 19.5. The first-order valence-electron chi connectivity index (χ1n) is 8.46. The zero-order valence-electron chi connectivity index (χ0n) is 14.5. The van der Waals surface area contributed by atoms with Gasteiger partial charge in [0, 0.05) is 10.0 Å². The molecule has 1 N–H and O–H groups in total. The van der Waals surface area contributed by atoms with Crippen molar-refractivity contribution in [2.75, 3.05) is 0 Å². The lowest BCUT2D eigenvalue weighted by Crippen LogP contribution is -2.13. The van der Waals surface area contributed by atoms with Crippen molar-refractivity contribution in [3.8, 4) is 16.9 Å². The molecule has 0 spiro atoms. The van der Waals surface area contributed by atoms with Gasteiger partial charge in [0.15, 0.2) is 5.69 Å². The lowest BCUT2D eigenvalue weighted by Gasteiger charge is -2.02. The highest BCUT2D eigenvalue weighted by Crippen LogP contribution is 2.30. The number of hydrogen-bond donors (Lipinski definition) is 1. The van der Waals surface area contributed by atoms with Crippen LogP contribution in [-0.4, -0.2) is 9.78 Å². The van der Waals surface area contributed by atoms with Gasteiger partial charge in [-0.25, -0.2) is 9.07 Å². The number of azo groups is 1. The van der Waals surface area contributed by atoms with Gasteiger partial charge in [0.05, 0.1) is 17.1 Å². The molecule has 1 aromatic heterocycles. The summed E-state index contributed by atoms with van der Waals surface area (Å²) >= 11 is 3.36. The van der Waals surface area contributed by atoms with Crippen LogP contribution in [0.25, 0.3) is 16.9 Å². The van der Waals surface area contributed by atoms with E-state index in [-0.39, 0.29) is 16.9 Å². The maximum absolute atomic E-state index is 14.4. The average Bonchev–Trinajstić information content (AvgIpc) is 3.05. The van der Waals surface area contributed by atoms with E-state index in [9.17, 15) is 9.18 Å². The second-order valence-corrected chi connectivity index (χ2v) is 6.88. The van der Waals surface area contributed by atoms with Gasteiger partial charge in [0.25, 0.3) is 5.56 Å². The molecule has 0 aliphatic heterocycles. The van der Waals surface area contributed by atoms with E-state index >= 15 is 0 Å². The monoisotopic (exact) mass is 436 g/mol. The molecule has 4 aromatic rings. The third-order valence-corrected chi connectivity index (χ3v) is 4.64. The number of halogens is 2. The molecule has 0 unspecified atom stereocenters. The van der Waals surface area contributed by atoms with E-state index in [1.165, 1.54) is 10.7 Å². The van der Waals surface area contributed by atoms with Gasteiger partial charge in [-0.1, -0.05) is 46.3 Å². The molecule has 4 rings (SSSR count). The molecule has 5 nitrogen and oxygen atoms in total. The first kappa shape index (κ1) is 18.1. The molecule has 3 aromatic carbocycles. The minimum Gasteiger partial charge on any atom is -0.288 e. The van der Waals surface area contributed by atoms with Crippen molar-refractivity contribution in [2.24, 2.45) is 10.2 Å². The molecule has 0 fully saturated rings. The molecular formula is C21H14BrFN4O. The highest BCUT2D eigenvalue weighted by atomic mass is 79.9. The summed E-state index contributed by atoms with van der Waals surface area (Å²) in [5, 5.41) is 11.3. The van der Waals surface area contributed by atoms with Crippen LogP contribution >= 0.6 is 15.9 Å². The van der Waals surface area contributed by atoms with Crippen LogP contribution in [0.1, 0.15) is 0 Å². The summed E-state index contributed by atoms with van der Waals surface area (Å²) in [7, 11) is 0. The van der Waals surface area contributed by atoms with E-state index in [2.05, 4.69) is 31.3 Å². The van der Waals surface area contributed by atoms with Crippen LogP contribution in [0, 0.1) is 5.82 Å². The first-order valence-corrected chi connectivity index (χ1v) is 9.25. The Morgan fingerprint density at radius 2 is 1.54 bits per heavy atom. The van der Waals surface area contributed by atoms with Crippen molar-refractivity contribution in [3.63, 3.8) is 0 Å².